The molecule has 0 aromatic heterocycles. The van der Waals surface area contributed by atoms with E-state index in [0.717, 1.165) is 6.42 Å². The third kappa shape index (κ3) is 7.38. The lowest BCUT2D eigenvalue weighted by Crippen LogP contribution is -1.74. The van der Waals surface area contributed by atoms with Crippen LogP contribution in [0.4, 0.5) is 0 Å². The fraction of sp³-hybridized carbons (Fsp3) is 0.636. The SMILES string of the molecule is CCCC=C(C)CC=C(C)C. The molecule has 0 nitrogen and oxygen atoms in total. The topological polar surface area (TPSA) is 0 Å². The standard InChI is InChI=1S/C11H20/c1-5-6-7-11(4)9-8-10(2)3/h7-8H,5-6,9H2,1-4H3. The molecule has 64 valence electrons. The van der Waals surface area contributed by atoms with Crippen LogP contribution in [0.1, 0.15) is 47.0 Å². The van der Waals surface area contributed by atoms with Crippen molar-refractivity contribution in [1.29, 1.82) is 0 Å². The van der Waals surface area contributed by atoms with E-state index in [1.807, 2.05) is 0 Å². The lowest BCUT2D eigenvalue weighted by Gasteiger charge is -1.95. The van der Waals surface area contributed by atoms with Crippen molar-refractivity contribution in [3.63, 3.8) is 0 Å². The van der Waals surface area contributed by atoms with Gasteiger partial charge in [-0.05, 0) is 33.6 Å². The van der Waals surface area contributed by atoms with Crippen LogP contribution in [0.2, 0.25) is 0 Å². The summed E-state index contributed by atoms with van der Waals surface area (Å²) in [5.74, 6) is 0. The molecule has 0 bridgehead atoms. The second-order valence-corrected chi connectivity index (χ2v) is 3.32. The minimum absolute atomic E-state index is 1.13. The van der Waals surface area contributed by atoms with Gasteiger partial charge in [0.2, 0.25) is 0 Å². The van der Waals surface area contributed by atoms with E-state index in [4.69, 9.17) is 0 Å². The van der Waals surface area contributed by atoms with Crippen LogP contribution in [0, 0.1) is 0 Å². The van der Waals surface area contributed by atoms with Gasteiger partial charge in [-0.2, -0.15) is 0 Å². The minimum atomic E-state index is 1.13. The average molecular weight is 152 g/mol. The van der Waals surface area contributed by atoms with Crippen molar-refractivity contribution in [2.24, 2.45) is 0 Å². The molecule has 0 saturated heterocycles. The minimum Gasteiger partial charge on any atom is -0.0853 e. The van der Waals surface area contributed by atoms with Crippen molar-refractivity contribution >= 4 is 0 Å². The van der Waals surface area contributed by atoms with E-state index in [9.17, 15) is 0 Å². The Bertz CT molecular complexity index is 145. The number of hydrogen-bond donors (Lipinski definition) is 0. The highest BCUT2D eigenvalue weighted by Gasteiger charge is 1.85. The lowest BCUT2D eigenvalue weighted by atomic mass is 10.1. The summed E-state index contributed by atoms with van der Waals surface area (Å²) in [6, 6.07) is 0. The van der Waals surface area contributed by atoms with E-state index in [2.05, 4.69) is 39.8 Å². The van der Waals surface area contributed by atoms with Crippen LogP contribution in [0.15, 0.2) is 23.3 Å². The van der Waals surface area contributed by atoms with Gasteiger partial charge in [0.25, 0.3) is 0 Å². The first-order valence-electron chi connectivity index (χ1n) is 4.45. The third-order valence-electron chi connectivity index (χ3n) is 1.61. The first kappa shape index (κ1) is 10.5. The molecular weight excluding hydrogens is 132 g/mol. The molecule has 0 spiro atoms. The molecule has 0 unspecified atom stereocenters. The van der Waals surface area contributed by atoms with Crippen molar-refractivity contribution in [3.8, 4) is 0 Å². The molecule has 0 heteroatoms. The van der Waals surface area contributed by atoms with Crippen molar-refractivity contribution in [2.45, 2.75) is 47.0 Å². The Morgan fingerprint density at radius 3 is 2.18 bits per heavy atom. The fourth-order valence-electron chi connectivity index (χ4n) is 0.839. The zero-order chi connectivity index (χ0) is 8.69. The van der Waals surface area contributed by atoms with Crippen LogP contribution < -0.4 is 0 Å². The summed E-state index contributed by atoms with van der Waals surface area (Å²) in [5.41, 5.74) is 2.90. The molecule has 0 N–H and O–H groups in total. The number of allylic oxidation sites excluding steroid dienone is 4. The Hall–Kier alpha value is -0.520. The zero-order valence-corrected chi connectivity index (χ0v) is 8.28. The monoisotopic (exact) mass is 152 g/mol. The summed E-state index contributed by atoms with van der Waals surface area (Å²) < 4.78 is 0. The molecule has 0 fully saturated rings. The Balaban J connectivity index is 3.68. The highest BCUT2D eigenvalue weighted by Crippen LogP contribution is 2.05. The molecule has 0 aliphatic heterocycles. The molecule has 0 saturated carbocycles. The van der Waals surface area contributed by atoms with Crippen LogP contribution in [0.5, 0.6) is 0 Å². The fourth-order valence-corrected chi connectivity index (χ4v) is 0.839. The van der Waals surface area contributed by atoms with Gasteiger partial charge >= 0.3 is 0 Å². The maximum Gasteiger partial charge on any atom is -0.0139 e. The molecule has 0 radical (unpaired) electrons. The largest absolute Gasteiger partial charge is 0.0853 e. The van der Waals surface area contributed by atoms with Gasteiger partial charge in [-0.1, -0.05) is 36.6 Å². The van der Waals surface area contributed by atoms with E-state index in [1.165, 1.54) is 24.0 Å². The number of hydrogen-bond acceptors (Lipinski definition) is 0. The molecule has 0 rings (SSSR count). The van der Waals surface area contributed by atoms with Gasteiger partial charge in [-0.3, -0.25) is 0 Å². The Labute approximate surface area is 71.0 Å². The van der Waals surface area contributed by atoms with Crippen molar-refractivity contribution in [2.75, 3.05) is 0 Å². The summed E-state index contributed by atoms with van der Waals surface area (Å²) in [6.07, 6.45) is 8.22. The zero-order valence-electron chi connectivity index (χ0n) is 8.28. The molecule has 0 atom stereocenters. The van der Waals surface area contributed by atoms with Gasteiger partial charge in [-0.25, -0.2) is 0 Å². The van der Waals surface area contributed by atoms with Crippen molar-refractivity contribution in [3.05, 3.63) is 23.3 Å². The van der Waals surface area contributed by atoms with Gasteiger partial charge in [0.05, 0.1) is 0 Å². The summed E-state index contributed by atoms with van der Waals surface area (Å²) >= 11 is 0. The van der Waals surface area contributed by atoms with E-state index < -0.39 is 0 Å². The molecule has 0 heterocycles. The number of rotatable bonds is 4. The predicted octanol–water partition coefficient (Wildman–Crippen LogP) is 4.09. The van der Waals surface area contributed by atoms with Gasteiger partial charge in [-0.15, -0.1) is 0 Å². The quantitative estimate of drug-likeness (QED) is 0.532. The maximum absolute atomic E-state index is 2.33. The van der Waals surface area contributed by atoms with Gasteiger partial charge < -0.3 is 0 Å². The summed E-state index contributed by atoms with van der Waals surface area (Å²) in [7, 11) is 0. The Morgan fingerprint density at radius 2 is 1.73 bits per heavy atom. The predicted molar refractivity (Wildman–Crippen MR) is 52.7 cm³/mol. The third-order valence-corrected chi connectivity index (χ3v) is 1.61. The van der Waals surface area contributed by atoms with Crippen molar-refractivity contribution in [1.82, 2.24) is 0 Å². The maximum atomic E-state index is 2.33. The summed E-state index contributed by atoms with van der Waals surface area (Å²) in [4.78, 5) is 0. The molecule has 0 aromatic rings. The summed E-state index contributed by atoms with van der Waals surface area (Å²) in [5, 5.41) is 0. The first-order valence-corrected chi connectivity index (χ1v) is 4.45. The van der Waals surface area contributed by atoms with Crippen LogP contribution in [0.3, 0.4) is 0 Å². The van der Waals surface area contributed by atoms with E-state index in [1.54, 1.807) is 0 Å². The van der Waals surface area contributed by atoms with Gasteiger partial charge in [0, 0.05) is 0 Å². The Kier molecular flexibility index (Phi) is 5.91. The van der Waals surface area contributed by atoms with Crippen LogP contribution in [-0.2, 0) is 0 Å². The van der Waals surface area contributed by atoms with Crippen LogP contribution >= 0.6 is 0 Å². The smallest absolute Gasteiger partial charge is 0.0139 e. The molecule has 0 amide bonds. The van der Waals surface area contributed by atoms with Gasteiger partial charge in [0.15, 0.2) is 0 Å². The van der Waals surface area contributed by atoms with E-state index in [0.29, 0.717) is 0 Å². The molecule has 0 aromatic carbocycles. The van der Waals surface area contributed by atoms with E-state index >= 15 is 0 Å². The second kappa shape index (κ2) is 6.21. The molecule has 11 heavy (non-hydrogen) atoms. The van der Waals surface area contributed by atoms with Gasteiger partial charge in [0.1, 0.15) is 0 Å². The highest BCUT2D eigenvalue weighted by atomic mass is 13.9. The van der Waals surface area contributed by atoms with Crippen LogP contribution in [0.25, 0.3) is 0 Å². The first-order chi connectivity index (χ1) is 5.16. The number of unbranched alkanes of at least 4 members (excludes halogenated alkanes) is 1. The van der Waals surface area contributed by atoms with E-state index in [-0.39, 0.29) is 0 Å². The molecular formula is C11H20. The Morgan fingerprint density at radius 1 is 1.09 bits per heavy atom. The molecule has 0 aliphatic rings. The average Bonchev–Trinajstić information content (AvgIpc) is 1.97. The van der Waals surface area contributed by atoms with Crippen LogP contribution in [-0.4, -0.2) is 0 Å². The molecule has 0 aliphatic carbocycles. The lowest BCUT2D eigenvalue weighted by molar-refractivity contribution is 0.941. The van der Waals surface area contributed by atoms with Crippen molar-refractivity contribution < 1.29 is 0 Å². The summed E-state index contributed by atoms with van der Waals surface area (Å²) in [6.45, 7) is 8.71. The second-order valence-electron chi connectivity index (χ2n) is 3.32. The normalized spacial score (nSPS) is 11.5. The highest BCUT2D eigenvalue weighted by molar-refractivity contribution is 5.07.